The molecule has 0 N–H and O–H groups in total. The van der Waals surface area contributed by atoms with Gasteiger partial charge in [-0.2, -0.15) is 0 Å². The summed E-state index contributed by atoms with van der Waals surface area (Å²) in [6, 6.07) is 43.3. The van der Waals surface area contributed by atoms with Crippen LogP contribution in [0.1, 0.15) is 50.7 Å². The van der Waals surface area contributed by atoms with Gasteiger partial charge in [-0.25, -0.2) is 0 Å². The number of hydrogen-bond acceptors (Lipinski definition) is 1. The highest BCUT2D eigenvalue weighted by Crippen LogP contribution is 2.49. The molecule has 0 atom stereocenters. The van der Waals surface area contributed by atoms with Gasteiger partial charge in [-0.05, 0) is 94.4 Å². The Hall–Kier alpha value is -5.60. The highest BCUT2D eigenvalue weighted by molar-refractivity contribution is 6.16. The van der Waals surface area contributed by atoms with Crippen molar-refractivity contribution < 1.29 is 0 Å². The second-order valence-electron chi connectivity index (χ2n) is 14.3. The van der Waals surface area contributed by atoms with E-state index < -0.39 is 0 Å². The Labute approximate surface area is 287 Å². The van der Waals surface area contributed by atoms with Gasteiger partial charge in [0.15, 0.2) is 0 Å². The number of allylic oxidation sites excluding steroid dienone is 8. The number of hydrogen-bond donors (Lipinski definition) is 0. The van der Waals surface area contributed by atoms with Crippen LogP contribution in [0.3, 0.4) is 0 Å². The van der Waals surface area contributed by atoms with Crippen LogP contribution in [-0.2, 0) is 5.41 Å². The summed E-state index contributed by atoms with van der Waals surface area (Å²) in [6.07, 6.45) is 15.8. The van der Waals surface area contributed by atoms with E-state index in [-0.39, 0.29) is 5.41 Å². The molecule has 1 aromatic heterocycles. The number of rotatable bonds is 4. The van der Waals surface area contributed by atoms with Crippen molar-refractivity contribution in [3.05, 3.63) is 174 Å². The van der Waals surface area contributed by atoms with Gasteiger partial charge < -0.3 is 9.47 Å². The SMILES string of the molecule is CC1(C)c2ccccc2-n2c3ccc(N(C4=C(C5=CC=CCC5)C=CCC4)c4cc5ccccc5c5ccccc45)cc3c3cccc1c32. The molecular formula is C47H38N2. The lowest BCUT2D eigenvalue weighted by atomic mass is 9.75. The largest absolute Gasteiger partial charge is 0.313 e. The number of aromatic nitrogens is 1. The molecular weight excluding hydrogens is 593 g/mol. The van der Waals surface area contributed by atoms with Crippen LogP contribution < -0.4 is 4.90 Å². The molecule has 2 heterocycles. The molecule has 236 valence electrons. The number of nitrogens with zero attached hydrogens (tertiary/aromatic N) is 2. The van der Waals surface area contributed by atoms with E-state index in [1.54, 1.807) is 0 Å². The van der Waals surface area contributed by atoms with Crippen molar-refractivity contribution in [3.63, 3.8) is 0 Å². The summed E-state index contributed by atoms with van der Waals surface area (Å²) in [5, 5.41) is 7.75. The lowest BCUT2D eigenvalue weighted by Gasteiger charge is -2.34. The Morgan fingerprint density at radius 1 is 0.633 bits per heavy atom. The van der Waals surface area contributed by atoms with Crippen LogP contribution in [-0.4, -0.2) is 4.57 Å². The van der Waals surface area contributed by atoms with Crippen LogP contribution >= 0.6 is 0 Å². The number of para-hydroxylation sites is 2. The fourth-order valence-electron chi connectivity index (χ4n) is 8.96. The molecule has 0 unspecified atom stereocenters. The molecule has 0 fully saturated rings. The van der Waals surface area contributed by atoms with Crippen LogP contribution in [0.5, 0.6) is 0 Å². The third-order valence-electron chi connectivity index (χ3n) is 11.3. The third kappa shape index (κ3) is 4.13. The highest BCUT2D eigenvalue weighted by atomic mass is 15.2. The van der Waals surface area contributed by atoms with Crippen molar-refractivity contribution in [2.24, 2.45) is 0 Å². The summed E-state index contributed by atoms with van der Waals surface area (Å²) < 4.78 is 2.52. The minimum atomic E-state index is -0.0876. The molecule has 0 saturated carbocycles. The number of fused-ring (bicyclic) bond motifs is 8. The van der Waals surface area contributed by atoms with E-state index in [1.165, 1.54) is 88.4 Å². The average molecular weight is 631 g/mol. The van der Waals surface area contributed by atoms with Gasteiger partial charge in [0.2, 0.25) is 0 Å². The zero-order valence-corrected chi connectivity index (χ0v) is 28.1. The monoisotopic (exact) mass is 630 g/mol. The van der Waals surface area contributed by atoms with Gasteiger partial charge in [-0.15, -0.1) is 0 Å². The summed E-state index contributed by atoms with van der Waals surface area (Å²) >= 11 is 0. The van der Waals surface area contributed by atoms with Crippen molar-refractivity contribution in [3.8, 4) is 5.69 Å². The molecule has 2 nitrogen and oxygen atoms in total. The van der Waals surface area contributed by atoms with Gasteiger partial charge >= 0.3 is 0 Å². The van der Waals surface area contributed by atoms with Crippen LogP contribution in [0.4, 0.5) is 11.4 Å². The smallest absolute Gasteiger partial charge is 0.0582 e. The second kappa shape index (κ2) is 10.7. The normalized spacial score (nSPS) is 16.5. The van der Waals surface area contributed by atoms with Crippen LogP contribution in [0.25, 0.3) is 49.0 Å². The van der Waals surface area contributed by atoms with Crippen molar-refractivity contribution in [2.75, 3.05) is 4.90 Å². The summed E-state index contributed by atoms with van der Waals surface area (Å²) in [4.78, 5) is 2.61. The van der Waals surface area contributed by atoms with Crippen molar-refractivity contribution in [1.29, 1.82) is 0 Å². The Morgan fingerprint density at radius 3 is 2.27 bits per heavy atom. The van der Waals surface area contributed by atoms with E-state index in [1.807, 2.05) is 0 Å². The van der Waals surface area contributed by atoms with Gasteiger partial charge in [0.05, 0.1) is 22.4 Å². The Morgan fingerprint density at radius 2 is 1.39 bits per heavy atom. The molecule has 1 aliphatic heterocycles. The molecule has 2 aliphatic carbocycles. The van der Waals surface area contributed by atoms with Crippen molar-refractivity contribution in [1.82, 2.24) is 4.57 Å². The molecule has 0 saturated heterocycles. The molecule has 3 aliphatic rings. The van der Waals surface area contributed by atoms with Crippen molar-refractivity contribution in [2.45, 2.75) is 44.9 Å². The Kier molecular flexibility index (Phi) is 6.21. The summed E-state index contributed by atoms with van der Waals surface area (Å²) in [5.74, 6) is 0. The first kappa shape index (κ1) is 28.4. The van der Waals surface area contributed by atoms with Gasteiger partial charge in [0.1, 0.15) is 0 Å². The molecule has 0 radical (unpaired) electrons. The summed E-state index contributed by atoms with van der Waals surface area (Å²) in [6.45, 7) is 4.75. The van der Waals surface area contributed by atoms with E-state index in [0.717, 1.165) is 25.7 Å². The zero-order chi connectivity index (χ0) is 32.7. The molecule has 49 heavy (non-hydrogen) atoms. The topological polar surface area (TPSA) is 8.17 Å². The zero-order valence-electron chi connectivity index (χ0n) is 28.1. The number of benzene rings is 6. The molecule has 10 rings (SSSR count). The van der Waals surface area contributed by atoms with Gasteiger partial charge in [-0.1, -0.05) is 129 Å². The first-order valence-corrected chi connectivity index (χ1v) is 17.7. The molecule has 0 spiro atoms. The predicted octanol–water partition coefficient (Wildman–Crippen LogP) is 12.7. The summed E-state index contributed by atoms with van der Waals surface area (Å²) in [5.41, 5.74) is 13.2. The minimum Gasteiger partial charge on any atom is -0.313 e. The molecule has 0 bridgehead atoms. The quantitative estimate of drug-likeness (QED) is 0.176. The van der Waals surface area contributed by atoms with Crippen LogP contribution in [0.15, 0.2) is 162 Å². The highest BCUT2D eigenvalue weighted by Gasteiger charge is 2.35. The summed E-state index contributed by atoms with van der Waals surface area (Å²) in [7, 11) is 0. The van der Waals surface area contributed by atoms with E-state index in [0.29, 0.717) is 0 Å². The molecule has 0 amide bonds. The van der Waals surface area contributed by atoms with E-state index in [2.05, 4.69) is 169 Å². The predicted molar refractivity (Wildman–Crippen MR) is 208 cm³/mol. The van der Waals surface area contributed by atoms with E-state index in [9.17, 15) is 0 Å². The molecule has 6 aromatic carbocycles. The lowest BCUT2D eigenvalue weighted by molar-refractivity contribution is 0.630. The van der Waals surface area contributed by atoms with Gasteiger partial charge in [0.25, 0.3) is 0 Å². The van der Waals surface area contributed by atoms with Crippen molar-refractivity contribution >= 4 is 54.7 Å². The standard InChI is InChI=1S/C47H38N2/c1-47(2)40-23-11-13-26-44(40)49-43-28-27-33(30-39(43)38-22-14-24-41(47)46(38)49)48(42-25-12-10-19-35(42)31-15-4-3-5-16-31)45-29-32-17-6-7-18-34(32)36-20-8-9-21-37(36)45/h3-4,6-11,13-15,17-24,26-30H,5,12,16,25H2,1-2H3. The third-order valence-corrected chi connectivity index (χ3v) is 11.3. The van der Waals surface area contributed by atoms with Crippen LogP contribution in [0.2, 0.25) is 0 Å². The van der Waals surface area contributed by atoms with Gasteiger partial charge in [0, 0.05) is 33.0 Å². The average Bonchev–Trinajstić information content (AvgIpc) is 3.49. The maximum Gasteiger partial charge on any atom is 0.0582 e. The first-order valence-electron chi connectivity index (χ1n) is 17.7. The molecule has 2 heteroatoms. The first-order chi connectivity index (χ1) is 24.1. The maximum absolute atomic E-state index is 2.61. The Bertz CT molecular complexity index is 2640. The van der Waals surface area contributed by atoms with Gasteiger partial charge in [-0.3, -0.25) is 0 Å². The van der Waals surface area contributed by atoms with E-state index in [4.69, 9.17) is 0 Å². The number of anilines is 2. The second-order valence-corrected chi connectivity index (χ2v) is 14.3. The fourth-order valence-corrected chi connectivity index (χ4v) is 8.96. The fraction of sp³-hybridized carbons (Fsp3) is 0.149. The maximum atomic E-state index is 2.61. The van der Waals surface area contributed by atoms with Crippen LogP contribution in [0, 0.1) is 0 Å². The Balaban J connectivity index is 1.30. The minimum absolute atomic E-state index is 0.0876. The molecule has 7 aromatic rings. The van der Waals surface area contributed by atoms with E-state index >= 15 is 0 Å². The lowest BCUT2D eigenvalue weighted by Crippen LogP contribution is -2.26.